The molecule has 0 bridgehead atoms. The molecule has 2 saturated carbocycles. The Morgan fingerprint density at radius 1 is 1.07 bits per heavy atom. The van der Waals surface area contributed by atoms with Gasteiger partial charge in [-0.15, -0.1) is 0 Å². The molecule has 2 unspecified atom stereocenters. The second-order valence-corrected chi connectivity index (χ2v) is 8.63. The SMILES string of the molecule is COc1cccc(OC2CC(COc3cccc(C(C4CC4)C(C)C(=O)O)c3)C2)c1. The van der Waals surface area contributed by atoms with Gasteiger partial charge in [-0.1, -0.05) is 25.1 Å². The molecule has 2 aliphatic rings. The summed E-state index contributed by atoms with van der Waals surface area (Å²) in [4.78, 5) is 11.5. The van der Waals surface area contributed by atoms with Crippen LogP contribution in [0.1, 0.15) is 44.1 Å². The Bertz CT molecular complexity index is 869. The van der Waals surface area contributed by atoms with Gasteiger partial charge in [0.15, 0.2) is 0 Å². The third kappa shape index (κ3) is 4.89. The molecular weight excluding hydrogens is 380 g/mol. The molecule has 0 saturated heterocycles. The highest BCUT2D eigenvalue weighted by Crippen LogP contribution is 2.47. The van der Waals surface area contributed by atoms with E-state index < -0.39 is 5.97 Å². The Morgan fingerprint density at radius 2 is 1.77 bits per heavy atom. The van der Waals surface area contributed by atoms with Crippen molar-refractivity contribution in [3.8, 4) is 17.2 Å². The van der Waals surface area contributed by atoms with E-state index in [0.717, 1.165) is 48.5 Å². The average Bonchev–Trinajstić information content (AvgIpc) is 3.55. The van der Waals surface area contributed by atoms with Crippen molar-refractivity contribution in [1.82, 2.24) is 0 Å². The Labute approximate surface area is 178 Å². The monoisotopic (exact) mass is 410 g/mol. The largest absolute Gasteiger partial charge is 0.497 e. The number of benzene rings is 2. The minimum Gasteiger partial charge on any atom is -0.497 e. The lowest BCUT2D eigenvalue weighted by molar-refractivity contribution is -0.142. The molecule has 5 nitrogen and oxygen atoms in total. The van der Waals surface area contributed by atoms with Gasteiger partial charge in [-0.25, -0.2) is 0 Å². The first-order chi connectivity index (χ1) is 14.5. The number of hydrogen-bond acceptors (Lipinski definition) is 4. The molecule has 0 spiro atoms. The van der Waals surface area contributed by atoms with Crippen LogP contribution in [0.2, 0.25) is 0 Å². The zero-order valence-electron chi connectivity index (χ0n) is 17.6. The highest BCUT2D eigenvalue weighted by atomic mass is 16.5. The molecular formula is C25H30O5. The van der Waals surface area contributed by atoms with Crippen LogP contribution in [-0.4, -0.2) is 30.9 Å². The van der Waals surface area contributed by atoms with Gasteiger partial charge in [0.2, 0.25) is 0 Å². The van der Waals surface area contributed by atoms with E-state index in [1.54, 1.807) is 7.11 Å². The molecule has 2 aliphatic carbocycles. The summed E-state index contributed by atoms with van der Waals surface area (Å²) in [7, 11) is 1.65. The van der Waals surface area contributed by atoms with Crippen molar-refractivity contribution in [1.29, 1.82) is 0 Å². The Morgan fingerprint density at radius 3 is 2.47 bits per heavy atom. The lowest BCUT2D eigenvalue weighted by atomic mass is 9.82. The van der Waals surface area contributed by atoms with E-state index in [-0.39, 0.29) is 17.9 Å². The number of rotatable bonds is 10. The Balaban J connectivity index is 1.28. The molecule has 2 aromatic carbocycles. The van der Waals surface area contributed by atoms with Crippen molar-refractivity contribution in [2.75, 3.05) is 13.7 Å². The minimum atomic E-state index is -0.727. The van der Waals surface area contributed by atoms with E-state index in [9.17, 15) is 9.90 Å². The van der Waals surface area contributed by atoms with E-state index in [2.05, 4.69) is 0 Å². The first kappa shape index (κ1) is 20.6. The molecule has 1 N–H and O–H groups in total. The van der Waals surface area contributed by atoms with Gasteiger partial charge in [0.05, 0.1) is 25.7 Å². The lowest BCUT2D eigenvalue weighted by Crippen LogP contribution is -2.37. The van der Waals surface area contributed by atoms with Crippen molar-refractivity contribution < 1.29 is 24.1 Å². The van der Waals surface area contributed by atoms with Crippen molar-refractivity contribution in [3.63, 3.8) is 0 Å². The van der Waals surface area contributed by atoms with Crippen LogP contribution in [0.15, 0.2) is 48.5 Å². The maximum Gasteiger partial charge on any atom is 0.306 e. The number of ether oxygens (including phenoxy) is 3. The quantitative estimate of drug-likeness (QED) is 0.587. The molecule has 0 amide bonds. The highest BCUT2D eigenvalue weighted by Gasteiger charge is 2.38. The van der Waals surface area contributed by atoms with Crippen LogP contribution in [0.3, 0.4) is 0 Å². The fraction of sp³-hybridized carbons (Fsp3) is 0.480. The fourth-order valence-electron chi connectivity index (χ4n) is 4.38. The standard InChI is InChI=1S/C25H30O5/c1-16(25(26)27)24(18-9-10-18)19-5-3-7-21(13-19)29-15-17-11-23(12-17)30-22-8-4-6-20(14-22)28-2/h3-8,13-14,16-18,23-24H,9-12,15H2,1-2H3,(H,26,27). The summed E-state index contributed by atoms with van der Waals surface area (Å²) in [5.74, 6) is 2.37. The summed E-state index contributed by atoms with van der Waals surface area (Å²) in [6, 6.07) is 15.7. The average molecular weight is 411 g/mol. The number of hydrogen-bond donors (Lipinski definition) is 1. The van der Waals surface area contributed by atoms with E-state index in [0.29, 0.717) is 18.4 Å². The van der Waals surface area contributed by atoms with Crippen molar-refractivity contribution in [3.05, 3.63) is 54.1 Å². The third-order valence-electron chi connectivity index (χ3n) is 6.32. The van der Waals surface area contributed by atoms with E-state index in [1.807, 2.05) is 55.5 Å². The van der Waals surface area contributed by atoms with Gasteiger partial charge < -0.3 is 19.3 Å². The summed E-state index contributed by atoms with van der Waals surface area (Å²) in [5, 5.41) is 9.49. The summed E-state index contributed by atoms with van der Waals surface area (Å²) in [6.07, 6.45) is 4.39. The second kappa shape index (κ2) is 8.99. The van der Waals surface area contributed by atoms with Gasteiger partial charge in [-0.3, -0.25) is 4.79 Å². The van der Waals surface area contributed by atoms with Gasteiger partial charge in [-0.2, -0.15) is 0 Å². The minimum absolute atomic E-state index is 0.0652. The molecule has 0 aromatic heterocycles. The van der Waals surface area contributed by atoms with Crippen LogP contribution in [0.4, 0.5) is 0 Å². The molecule has 160 valence electrons. The van der Waals surface area contributed by atoms with Crippen molar-refractivity contribution in [2.45, 2.75) is 44.6 Å². The molecule has 0 heterocycles. The molecule has 5 heteroatoms. The summed E-state index contributed by atoms with van der Waals surface area (Å²) < 4.78 is 17.3. The zero-order valence-corrected chi connectivity index (χ0v) is 17.6. The zero-order chi connectivity index (χ0) is 21.1. The van der Waals surface area contributed by atoms with Gasteiger partial charge in [-0.05, 0) is 73.3 Å². The van der Waals surface area contributed by atoms with Crippen LogP contribution < -0.4 is 14.2 Å². The second-order valence-electron chi connectivity index (χ2n) is 8.63. The van der Waals surface area contributed by atoms with E-state index >= 15 is 0 Å². The van der Waals surface area contributed by atoms with Gasteiger partial charge in [0.25, 0.3) is 0 Å². The first-order valence-electron chi connectivity index (χ1n) is 10.8. The van der Waals surface area contributed by atoms with Gasteiger partial charge >= 0.3 is 5.97 Å². The maximum atomic E-state index is 11.5. The molecule has 4 rings (SSSR count). The number of carbonyl (C=O) groups is 1. The smallest absolute Gasteiger partial charge is 0.306 e. The van der Waals surface area contributed by atoms with Crippen LogP contribution in [-0.2, 0) is 4.79 Å². The predicted molar refractivity (Wildman–Crippen MR) is 114 cm³/mol. The van der Waals surface area contributed by atoms with Crippen LogP contribution in [0.25, 0.3) is 0 Å². The molecule has 30 heavy (non-hydrogen) atoms. The number of aliphatic carboxylic acids is 1. The van der Waals surface area contributed by atoms with Crippen molar-refractivity contribution in [2.24, 2.45) is 17.8 Å². The molecule has 0 aliphatic heterocycles. The third-order valence-corrected chi connectivity index (χ3v) is 6.32. The van der Waals surface area contributed by atoms with E-state index in [4.69, 9.17) is 14.2 Å². The molecule has 0 radical (unpaired) electrons. The first-order valence-corrected chi connectivity index (χ1v) is 10.8. The Kier molecular flexibility index (Phi) is 6.16. The van der Waals surface area contributed by atoms with Gasteiger partial charge in [0, 0.05) is 6.07 Å². The summed E-state index contributed by atoms with van der Waals surface area (Å²) in [5.41, 5.74) is 1.08. The predicted octanol–water partition coefficient (Wildman–Crippen LogP) is 5.15. The Hall–Kier alpha value is -2.69. The van der Waals surface area contributed by atoms with Crippen LogP contribution in [0, 0.1) is 17.8 Å². The fourth-order valence-corrected chi connectivity index (χ4v) is 4.38. The lowest BCUT2D eigenvalue weighted by Gasteiger charge is -2.35. The van der Waals surface area contributed by atoms with Gasteiger partial charge in [0.1, 0.15) is 17.2 Å². The molecule has 2 aromatic rings. The maximum absolute atomic E-state index is 11.5. The number of methoxy groups -OCH3 is 1. The highest BCUT2D eigenvalue weighted by molar-refractivity contribution is 5.71. The normalized spacial score (nSPS) is 22.5. The topological polar surface area (TPSA) is 65.0 Å². The number of carboxylic acid groups (broad SMARTS) is 1. The van der Waals surface area contributed by atoms with Crippen molar-refractivity contribution >= 4 is 5.97 Å². The molecule has 2 fully saturated rings. The van der Waals surface area contributed by atoms with Crippen LogP contribution in [0.5, 0.6) is 17.2 Å². The van der Waals surface area contributed by atoms with Crippen LogP contribution >= 0.6 is 0 Å². The summed E-state index contributed by atoms with van der Waals surface area (Å²) in [6.45, 7) is 2.47. The number of carboxylic acids is 1. The molecule has 2 atom stereocenters. The summed E-state index contributed by atoms with van der Waals surface area (Å²) >= 11 is 0. The van der Waals surface area contributed by atoms with E-state index in [1.165, 1.54) is 0 Å².